The minimum Gasteiger partial charge on any atom is -0.497 e. The van der Waals surface area contributed by atoms with Crippen LogP contribution < -0.4 is 20.1 Å². The molecular formula is C13H18N2O3. The molecule has 0 bridgehead atoms. The van der Waals surface area contributed by atoms with E-state index in [1.54, 1.807) is 14.2 Å². The maximum Gasteiger partial charge on any atom is 0.221 e. The van der Waals surface area contributed by atoms with Crippen molar-refractivity contribution in [3.63, 3.8) is 0 Å². The fraction of sp³-hybridized carbons (Fsp3) is 0.462. The Morgan fingerprint density at radius 3 is 2.83 bits per heavy atom. The molecule has 1 amide bonds. The molecule has 1 aromatic carbocycles. The molecule has 0 aromatic heterocycles. The monoisotopic (exact) mass is 250 g/mol. The van der Waals surface area contributed by atoms with Gasteiger partial charge in [0.2, 0.25) is 5.91 Å². The van der Waals surface area contributed by atoms with E-state index in [1.807, 2.05) is 18.2 Å². The number of amides is 1. The summed E-state index contributed by atoms with van der Waals surface area (Å²) in [6, 6.07) is 5.92. The molecule has 5 heteroatoms. The molecule has 0 saturated carbocycles. The largest absolute Gasteiger partial charge is 0.497 e. The summed E-state index contributed by atoms with van der Waals surface area (Å²) in [5.41, 5.74) is 1.05. The zero-order valence-electron chi connectivity index (χ0n) is 10.7. The zero-order valence-corrected chi connectivity index (χ0v) is 10.7. The summed E-state index contributed by atoms with van der Waals surface area (Å²) in [5.74, 6) is 1.67. The van der Waals surface area contributed by atoms with Crippen LogP contribution in [0, 0.1) is 0 Å². The van der Waals surface area contributed by atoms with Gasteiger partial charge in [-0.2, -0.15) is 0 Å². The Morgan fingerprint density at radius 2 is 2.22 bits per heavy atom. The molecule has 1 fully saturated rings. The number of hydrogen-bond acceptors (Lipinski definition) is 4. The van der Waals surface area contributed by atoms with Crippen LogP contribution in [0.5, 0.6) is 11.5 Å². The summed E-state index contributed by atoms with van der Waals surface area (Å²) in [6.07, 6.45) is 0.540. The molecule has 1 aromatic rings. The SMILES string of the molecule is COc1ccc(CNC2CNC(=O)C2)c(OC)c1. The molecule has 1 saturated heterocycles. The number of hydrogen-bond donors (Lipinski definition) is 2. The van der Waals surface area contributed by atoms with Crippen LogP contribution in [0.2, 0.25) is 0 Å². The molecule has 18 heavy (non-hydrogen) atoms. The van der Waals surface area contributed by atoms with Gasteiger partial charge in [0.25, 0.3) is 0 Å². The molecule has 1 heterocycles. The molecule has 0 aliphatic carbocycles. The molecule has 1 aliphatic heterocycles. The number of ether oxygens (including phenoxy) is 2. The van der Waals surface area contributed by atoms with Gasteiger partial charge in [0, 0.05) is 37.2 Å². The van der Waals surface area contributed by atoms with E-state index in [2.05, 4.69) is 10.6 Å². The second-order valence-corrected chi connectivity index (χ2v) is 4.26. The third-order valence-corrected chi connectivity index (χ3v) is 3.05. The zero-order chi connectivity index (χ0) is 13.0. The van der Waals surface area contributed by atoms with Crippen molar-refractivity contribution in [2.24, 2.45) is 0 Å². The lowest BCUT2D eigenvalue weighted by Crippen LogP contribution is -2.30. The van der Waals surface area contributed by atoms with Gasteiger partial charge in [-0.1, -0.05) is 6.07 Å². The highest BCUT2D eigenvalue weighted by Crippen LogP contribution is 2.24. The first-order valence-electron chi connectivity index (χ1n) is 5.94. The highest BCUT2D eigenvalue weighted by molar-refractivity contribution is 5.78. The van der Waals surface area contributed by atoms with Crippen molar-refractivity contribution < 1.29 is 14.3 Å². The number of nitrogens with one attached hydrogen (secondary N) is 2. The first kappa shape index (κ1) is 12.7. The molecule has 98 valence electrons. The number of carbonyl (C=O) groups is 1. The summed E-state index contributed by atoms with van der Waals surface area (Å²) in [6.45, 7) is 1.37. The lowest BCUT2D eigenvalue weighted by Gasteiger charge is -2.13. The molecule has 1 unspecified atom stereocenters. The van der Waals surface area contributed by atoms with Gasteiger partial charge >= 0.3 is 0 Å². The molecule has 5 nitrogen and oxygen atoms in total. The van der Waals surface area contributed by atoms with E-state index in [0.29, 0.717) is 19.5 Å². The van der Waals surface area contributed by atoms with Crippen molar-refractivity contribution >= 4 is 5.91 Å². The molecule has 1 atom stereocenters. The molecular weight excluding hydrogens is 232 g/mol. The second kappa shape index (κ2) is 5.73. The Morgan fingerprint density at radius 1 is 1.39 bits per heavy atom. The maximum absolute atomic E-state index is 11.1. The van der Waals surface area contributed by atoms with E-state index in [0.717, 1.165) is 17.1 Å². The van der Waals surface area contributed by atoms with Crippen LogP contribution in [0.1, 0.15) is 12.0 Å². The first-order chi connectivity index (χ1) is 8.72. The van der Waals surface area contributed by atoms with Crippen LogP contribution in [0.3, 0.4) is 0 Å². The predicted octanol–water partition coefficient (Wildman–Crippen LogP) is 0.682. The van der Waals surface area contributed by atoms with Crippen LogP contribution in [0.15, 0.2) is 18.2 Å². The van der Waals surface area contributed by atoms with E-state index in [9.17, 15) is 4.79 Å². The Balaban J connectivity index is 1.98. The van der Waals surface area contributed by atoms with E-state index < -0.39 is 0 Å². The quantitative estimate of drug-likeness (QED) is 0.807. The molecule has 2 rings (SSSR count). The van der Waals surface area contributed by atoms with Crippen LogP contribution >= 0.6 is 0 Å². The molecule has 0 spiro atoms. The third kappa shape index (κ3) is 2.92. The van der Waals surface area contributed by atoms with Crippen LogP contribution in [-0.4, -0.2) is 32.7 Å². The van der Waals surface area contributed by atoms with Crippen molar-refractivity contribution in [3.05, 3.63) is 23.8 Å². The van der Waals surface area contributed by atoms with Crippen LogP contribution in [0.25, 0.3) is 0 Å². The number of carbonyl (C=O) groups excluding carboxylic acids is 1. The lowest BCUT2D eigenvalue weighted by atomic mass is 10.1. The van der Waals surface area contributed by atoms with E-state index in [-0.39, 0.29) is 11.9 Å². The van der Waals surface area contributed by atoms with E-state index in [1.165, 1.54) is 0 Å². The van der Waals surface area contributed by atoms with Gasteiger partial charge in [-0.05, 0) is 6.07 Å². The van der Waals surface area contributed by atoms with Crippen molar-refractivity contribution in [1.82, 2.24) is 10.6 Å². The molecule has 1 aliphatic rings. The summed E-state index contributed by atoms with van der Waals surface area (Å²) in [7, 11) is 3.27. The Bertz CT molecular complexity index is 434. The number of methoxy groups -OCH3 is 2. The van der Waals surface area contributed by atoms with Gasteiger partial charge in [-0.25, -0.2) is 0 Å². The average molecular weight is 250 g/mol. The smallest absolute Gasteiger partial charge is 0.221 e. The van der Waals surface area contributed by atoms with Crippen molar-refractivity contribution in [2.45, 2.75) is 19.0 Å². The second-order valence-electron chi connectivity index (χ2n) is 4.26. The topological polar surface area (TPSA) is 59.6 Å². The maximum atomic E-state index is 11.1. The summed E-state index contributed by atoms with van der Waals surface area (Å²) >= 11 is 0. The fourth-order valence-electron chi connectivity index (χ4n) is 2.00. The first-order valence-corrected chi connectivity index (χ1v) is 5.94. The standard InChI is InChI=1S/C13H18N2O3/c1-17-11-4-3-9(12(6-11)18-2)7-14-10-5-13(16)15-8-10/h3-4,6,10,14H,5,7-8H2,1-2H3,(H,15,16). The summed E-state index contributed by atoms with van der Waals surface area (Å²) in [5, 5.41) is 6.14. The van der Waals surface area contributed by atoms with Crippen LogP contribution in [-0.2, 0) is 11.3 Å². The van der Waals surface area contributed by atoms with Crippen LogP contribution in [0.4, 0.5) is 0 Å². The average Bonchev–Trinajstić information content (AvgIpc) is 2.82. The summed E-state index contributed by atoms with van der Waals surface area (Å²) < 4.78 is 10.5. The minimum absolute atomic E-state index is 0.106. The highest BCUT2D eigenvalue weighted by Gasteiger charge is 2.20. The highest BCUT2D eigenvalue weighted by atomic mass is 16.5. The van der Waals surface area contributed by atoms with E-state index in [4.69, 9.17) is 9.47 Å². The normalized spacial score (nSPS) is 18.6. The van der Waals surface area contributed by atoms with Crippen molar-refractivity contribution in [1.29, 1.82) is 0 Å². The molecule has 2 N–H and O–H groups in total. The Hall–Kier alpha value is -1.75. The minimum atomic E-state index is 0.106. The Labute approximate surface area is 106 Å². The van der Waals surface area contributed by atoms with Crippen molar-refractivity contribution in [2.75, 3.05) is 20.8 Å². The van der Waals surface area contributed by atoms with Crippen molar-refractivity contribution in [3.8, 4) is 11.5 Å². The number of benzene rings is 1. The predicted molar refractivity (Wildman–Crippen MR) is 67.8 cm³/mol. The Kier molecular flexibility index (Phi) is 4.04. The van der Waals surface area contributed by atoms with Gasteiger partial charge in [0.15, 0.2) is 0 Å². The fourth-order valence-corrected chi connectivity index (χ4v) is 2.00. The van der Waals surface area contributed by atoms with Gasteiger partial charge in [-0.3, -0.25) is 4.79 Å². The van der Waals surface area contributed by atoms with E-state index >= 15 is 0 Å². The summed E-state index contributed by atoms with van der Waals surface area (Å²) in [4.78, 5) is 11.1. The van der Waals surface area contributed by atoms with Gasteiger partial charge in [-0.15, -0.1) is 0 Å². The van der Waals surface area contributed by atoms with Gasteiger partial charge < -0.3 is 20.1 Å². The lowest BCUT2D eigenvalue weighted by molar-refractivity contribution is -0.119. The number of rotatable bonds is 5. The van der Waals surface area contributed by atoms with Gasteiger partial charge in [0.05, 0.1) is 14.2 Å². The third-order valence-electron chi connectivity index (χ3n) is 3.05. The van der Waals surface area contributed by atoms with Gasteiger partial charge in [0.1, 0.15) is 11.5 Å². The molecule has 0 radical (unpaired) electrons.